The molecule has 0 aliphatic heterocycles. The lowest BCUT2D eigenvalue weighted by Crippen LogP contribution is -2.12. The average Bonchev–Trinajstić information content (AvgIpc) is 2.66. The molecule has 0 aliphatic carbocycles. The van der Waals surface area contributed by atoms with Crippen LogP contribution < -0.4 is 0 Å². The zero-order valence-electron chi connectivity index (χ0n) is 17.5. The Labute approximate surface area is 167 Å². The molecule has 4 aromatic rings. The molecule has 142 valence electrons. The van der Waals surface area contributed by atoms with E-state index in [1.807, 2.05) is 6.20 Å². The third-order valence-corrected chi connectivity index (χ3v) is 5.56. The molecule has 0 bridgehead atoms. The van der Waals surface area contributed by atoms with E-state index in [1.54, 1.807) is 0 Å². The van der Waals surface area contributed by atoms with Crippen LogP contribution in [0.5, 0.6) is 0 Å². The highest BCUT2D eigenvalue weighted by atomic mass is 14.7. The van der Waals surface area contributed by atoms with Crippen molar-refractivity contribution in [3.63, 3.8) is 0 Å². The normalized spacial score (nSPS) is 13.2. The minimum absolute atomic E-state index is 0.105. The van der Waals surface area contributed by atoms with Crippen LogP contribution in [0.15, 0.2) is 60.8 Å². The van der Waals surface area contributed by atoms with Gasteiger partial charge in [-0.1, -0.05) is 70.2 Å². The Hall–Kier alpha value is -2.74. The molecule has 2 heterocycles. The van der Waals surface area contributed by atoms with E-state index >= 15 is 0 Å². The second-order valence-corrected chi connectivity index (χ2v) is 8.88. The summed E-state index contributed by atoms with van der Waals surface area (Å²) >= 11 is 0. The SMILES string of the molecule is Cc1cc2c(C(C)(C)C)cccc2c(CC(C)c2nccc3ccccc23)n1. The van der Waals surface area contributed by atoms with Crippen LogP contribution >= 0.6 is 0 Å². The van der Waals surface area contributed by atoms with Gasteiger partial charge in [0.2, 0.25) is 0 Å². The van der Waals surface area contributed by atoms with Crippen LogP contribution in [0.1, 0.15) is 56.3 Å². The third kappa shape index (κ3) is 3.40. The fourth-order valence-corrected chi connectivity index (χ4v) is 4.22. The molecule has 0 amide bonds. The smallest absolute Gasteiger partial charge is 0.0513 e. The summed E-state index contributed by atoms with van der Waals surface area (Å²) < 4.78 is 0. The molecule has 0 saturated heterocycles. The van der Waals surface area contributed by atoms with Crippen LogP contribution in [-0.4, -0.2) is 9.97 Å². The van der Waals surface area contributed by atoms with Crippen molar-refractivity contribution < 1.29 is 0 Å². The topological polar surface area (TPSA) is 25.8 Å². The summed E-state index contributed by atoms with van der Waals surface area (Å²) in [6.45, 7) is 11.2. The predicted molar refractivity (Wildman–Crippen MR) is 119 cm³/mol. The van der Waals surface area contributed by atoms with Gasteiger partial charge in [0.1, 0.15) is 0 Å². The molecule has 0 radical (unpaired) electrons. The summed E-state index contributed by atoms with van der Waals surface area (Å²) in [7, 11) is 0. The number of pyridine rings is 2. The standard InChI is InChI=1S/C26H28N2/c1-17(25-20-10-7-6-9-19(20)13-14-27-25)15-24-21-11-8-12-23(26(3,4)5)22(21)16-18(2)28-24/h6-14,16-17H,15H2,1-5H3. The van der Waals surface area contributed by atoms with Crippen LogP contribution in [0.25, 0.3) is 21.5 Å². The molecular formula is C26H28N2. The van der Waals surface area contributed by atoms with Gasteiger partial charge in [-0.2, -0.15) is 0 Å². The monoisotopic (exact) mass is 368 g/mol. The molecule has 0 aliphatic rings. The molecular weight excluding hydrogens is 340 g/mol. The fraction of sp³-hybridized carbons (Fsp3) is 0.308. The summed E-state index contributed by atoms with van der Waals surface area (Å²) in [5, 5.41) is 5.09. The summed E-state index contributed by atoms with van der Waals surface area (Å²) in [4.78, 5) is 9.68. The largest absolute Gasteiger partial charge is 0.260 e. The van der Waals surface area contributed by atoms with Gasteiger partial charge in [-0.3, -0.25) is 9.97 Å². The summed E-state index contributed by atoms with van der Waals surface area (Å²) in [6.07, 6.45) is 2.81. The van der Waals surface area contributed by atoms with Gasteiger partial charge in [0, 0.05) is 34.3 Å². The summed E-state index contributed by atoms with van der Waals surface area (Å²) in [6, 6.07) is 19.5. The van der Waals surface area contributed by atoms with Crippen molar-refractivity contribution in [1.29, 1.82) is 0 Å². The molecule has 2 heteroatoms. The van der Waals surface area contributed by atoms with E-state index in [-0.39, 0.29) is 5.41 Å². The lowest BCUT2D eigenvalue weighted by Gasteiger charge is -2.23. The van der Waals surface area contributed by atoms with E-state index in [1.165, 1.54) is 32.8 Å². The van der Waals surface area contributed by atoms with Gasteiger partial charge < -0.3 is 0 Å². The van der Waals surface area contributed by atoms with Gasteiger partial charge in [0.05, 0.1) is 5.69 Å². The Morgan fingerprint density at radius 2 is 1.64 bits per heavy atom. The maximum atomic E-state index is 4.94. The number of benzene rings is 2. The van der Waals surface area contributed by atoms with Crippen molar-refractivity contribution >= 4 is 21.5 Å². The third-order valence-electron chi connectivity index (χ3n) is 5.56. The van der Waals surface area contributed by atoms with E-state index in [9.17, 15) is 0 Å². The Bertz CT molecular complexity index is 1150. The van der Waals surface area contributed by atoms with Crippen LogP contribution in [-0.2, 0) is 11.8 Å². The van der Waals surface area contributed by atoms with Crippen molar-refractivity contribution in [1.82, 2.24) is 9.97 Å². The molecule has 0 saturated carbocycles. The van der Waals surface area contributed by atoms with Crippen LogP contribution in [0.2, 0.25) is 0 Å². The molecule has 2 aromatic carbocycles. The minimum atomic E-state index is 0.105. The van der Waals surface area contributed by atoms with Crippen molar-refractivity contribution in [2.24, 2.45) is 0 Å². The van der Waals surface area contributed by atoms with Crippen LogP contribution in [0.3, 0.4) is 0 Å². The molecule has 28 heavy (non-hydrogen) atoms. The van der Waals surface area contributed by atoms with E-state index < -0.39 is 0 Å². The van der Waals surface area contributed by atoms with Gasteiger partial charge in [0.25, 0.3) is 0 Å². The molecule has 0 spiro atoms. The van der Waals surface area contributed by atoms with E-state index in [4.69, 9.17) is 9.97 Å². The first-order chi connectivity index (χ1) is 13.3. The Morgan fingerprint density at radius 1 is 0.893 bits per heavy atom. The first kappa shape index (κ1) is 18.6. The number of rotatable bonds is 3. The predicted octanol–water partition coefficient (Wildman–Crippen LogP) is 6.74. The van der Waals surface area contributed by atoms with E-state index in [2.05, 4.69) is 89.2 Å². The first-order valence-corrected chi connectivity index (χ1v) is 10.1. The van der Waals surface area contributed by atoms with Gasteiger partial charge in [-0.25, -0.2) is 0 Å². The number of aryl methyl sites for hydroxylation is 1. The van der Waals surface area contributed by atoms with E-state index in [0.29, 0.717) is 5.92 Å². The van der Waals surface area contributed by atoms with Gasteiger partial charge in [-0.15, -0.1) is 0 Å². The molecule has 2 nitrogen and oxygen atoms in total. The molecule has 0 fully saturated rings. The van der Waals surface area contributed by atoms with Gasteiger partial charge in [0.15, 0.2) is 0 Å². The first-order valence-electron chi connectivity index (χ1n) is 10.1. The minimum Gasteiger partial charge on any atom is -0.260 e. The van der Waals surface area contributed by atoms with Crippen molar-refractivity contribution in [2.75, 3.05) is 0 Å². The number of nitrogens with zero attached hydrogens (tertiary/aromatic N) is 2. The molecule has 0 N–H and O–H groups in total. The highest BCUT2D eigenvalue weighted by molar-refractivity contribution is 5.89. The van der Waals surface area contributed by atoms with Gasteiger partial charge >= 0.3 is 0 Å². The highest BCUT2D eigenvalue weighted by Crippen LogP contribution is 2.33. The lowest BCUT2D eigenvalue weighted by molar-refractivity contribution is 0.595. The van der Waals surface area contributed by atoms with Gasteiger partial charge in [-0.05, 0) is 47.2 Å². The highest BCUT2D eigenvalue weighted by Gasteiger charge is 2.20. The van der Waals surface area contributed by atoms with Crippen molar-refractivity contribution in [3.05, 3.63) is 83.4 Å². The maximum Gasteiger partial charge on any atom is 0.0513 e. The van der Waals surface area contributed by atoms with Crippen molar-refractivity contribution in [3.8, 4) is 0 Å². The number of hydrogen-bond acceptors (Lipinski definition) is 2. The second-order valence-electron chi connectivity index (χ2n) is 8.88. The molecule has 2 aromatic heterocycles. The molecule has 1 unspecified atom stereocenters. The molecule has 4 rings (SSSR count). The van der Waals surface area contributed by atoms with E-state index in [0.717, 1.165) is 17.8 Å². The average molecular weight is 369 g/mol. The Morgan fingerprint density at radius 3 is 2.43 bits per heavy atom. The number of aromatic nitrogens is 2. The quantitative estimate of drug-likeness (QED) is 0.400. The second kappa shape index (κ2) is 7.01. The maximum absolute atomic E-state index is 4.94. The fourth-order valence-electron chi connectivity index (χ4n) is 4.22. The summed E-state index contributed by atoms with van der Waals surface area (Å²) in [5.74, 6) is 0.293. The summed E-state index contributed by atoms with van der Waals surface area (Å²) in [5.41, 5.74) is 4.89. The van der Waals surface area contributed by atoms with Crippen LogP contribution in [0, 0.1) is 6.92 Å². The number of fused-ring (bicyclic) bond motifs is 2. The Kier molecular flexibility index (Phi) is 4.66. The lowest BCUT2D eigenvalue weighted by atomic mass is 9.83. The molecule has 1 atom stereocenters. The Balaban J connectivity index is 1.81. The number of hydrogen-bond donors (Lipinski definition) is 0. The van der Waals surface area contributed by atoms with Crippen LogP contribution in [0.4, 0.5) is 0 Å². The van der Waals surface area contributed by atoms with Crippen molar-refractivity contribution in [2.45, 2.75) is 52.4 Å². The zero-order chi connectivity index (χ0) is 19.9. The zero-order valence-corrected chi connectivity index (χ0v) is 17.5.